The van der Waals surface area contributed by atoms with E-state index < -0.39 is 0 Å². The summed E-state index contributed by atoms with van der Waals surface area (Å²) in [6.45, 7) is 6.38. The van der Waals surface area contributed by atoms with Crippen molar-refractivity contribution in [3.63, 3.8) is 0 Å². The lowest BCUT2D eigenvalue weighted by atomic mass is 10.2. The summed E-state index contributed by atoms with van der Waals surface area (Å²) >= 11 is 1.79. The Morgan fingerprint density at radius 2 is 2.10 bits per heavy atom. The highest BCUT2D eigenvalue weighted by Gasteiger charge is 2.24. The Morgan fingerprint density at radius 1 is 1.33 bits per heavy atom. The molecule has 6 heteroatoms. The highest BCUT2D eigenvalue weighted by molar-refractivity contribution is 7.09. The summed E-state index contributed by atoms with van der Waals surface area (Å²) in [6.07, 6.45) is 1.68. The monoisotopic (exact) mass is 304 g/mol. The molecule has 3 rings (SSSR count). The predicted octanol–water partition coefficient (Wildman–Crippen LogP) is 1.75. The number of nitrogens with zero attached hydrogens (tertiary/aromatic N) is 4. The molecule has 112 valence electrons. The second-order valence-corrected chi connectivity index (χ2v) is 6.45. The Hall–Kier alpha value is -1.66. The van der Waals surface area contributed by atoms with Crippen molar-refractivity contribution in [1.82, 2.24) is 19.6 Å². The molecule has 1 aliphatic rings. The van der Waals surface area contributed by atoms with Gasteiger partial charge in [0, 0.05) is 50.3 Å². The Labute approximate surface area is 128 Å². The van der Waals surface area contributed by atoms with E-state index in [1.807, 2.05) is 18.9 Å². The van der Waals surface area contributed by atoms with Gasteiger partial charge in [0.25, 0.3) is 5.91 Å². The molecule has 0 radical (unpaired) electrons. The molecule has 2 aromatic rings. The molecule has 21 heavy (non-hydrogen) atoms. The van der Waals surface area contributed by atoms with E-state index in [1.165, 1.54) is 4.88 Å². The third-order valence-electron chi connectivity index (χ3n) is 4.08. The summed E-state index contributed by atoms with van der Waals surface area (Å²) in [5.41, 5.74) is 1.66. The lowest BCUT2D eigenvalue weighted by Crippen LogP contribution is -2.48. The van der Waals surface area contributed by atoms with Crippen LogP contribution in [0, 0.1) is 6.92 Å². The van der Waals surface area contributed by atoms with Gasteiger partial charge in [0.2, 0.25) is 0 Å². The van der Waals surface area contributed by atoms with Gasteiger partial charge in [-0.25, -0.2) is 0 Å². The van der Waals surface area contributed by atoms with Crippen LogP contribution in [0.3, 0.4) is 0 Å². The van der Waals surface area contributed by atoms with E-state index >= 15 is 0 Å². The zero-order valence-corrected chi connectivity index (χ0v) is 13.3. The molecular weight excluding hydrogens is 284 g/mol. The van der Waals surface area contributed by atoms with Crippen LogP contribution in [0.1, 0.15) is 20.9 Å². The minimum atomic E-state index is 0.108. The number of aromatic nitrogens is 2. The number of carbonyl (C=O) groups is 1. The van der Waals surface area contributed by atoms with Crippen LogP contribution >= 0.6 is 11.3 Å². The smallest absolute Gasteiger partial charge is 0.257 e. The summed E-state index contributed by atoms with van der Waals surface area (Å²) in [7, 11) is 1.87. The van der Waals surface area contributed by atoms with Crippen molar-refractivity contribution in [2.75, 3.05) is 26.2 Å². The Bertz CT molecular complexity index is 612. The van der Waals surface area contributed by atoms with Crippen LogP contribution < -0.4 is 0 Å². The predicted molar refractivity (Wildman–Crippen MR) is 83.4 cm³/mol. The van der Waals surface area contributed by atoms with Crippen molar-refractivity contribution < 1.29 is 4.79 Å². The van der Waals surface area contributed by atoms with Crippen molar-refractivity contribution in [3.05, 3.63) is 39.8 Å². The van der Waals surface area contributed by atoms with E-state index in [0.717, 1.165) is 44.0 Å². The first-order valence-electron chi connectivity index (χ1n) is 7.18. The molecule has 3 heterocycles. The van der Waals surface area contributed by atoms with Gasteiger partial charge in [-0.2, -0.15) is 5.10 Å². The van der Waals surface area contributed by atoms with Gasteiger partial charge in [0.05, 0.1) is 11.8 Å². The fourth-order valence-electron chi connectivity index (χ4n) is 2.61. The van der Waals surface area contributed by atoms with Crippen LogP contribution in [0.15, 0.2) is 23.7 Å². The second-order valence-electron chi connectivity index (χ2n) is 5.41. The van der Waals surface area contributed by atoms with Crippen LogP contribution in [0.25, 0.3) is 0 Å². The van der Waals surface area contributed by atoms with Crippen molar-refractivity contribution >= 4 is 17.2 Å². The zero-order chi connectivity index (χ0) is 14.8. The SMILES string of the molecule is Cc1c(C(=O)N2CCN(Cc3cccs3)CC2)cnn1C. The number of rotatable bonds is 3. The summed E-state index contributed by atoms with van der Waals surface area (Å²) in [6, 6.07) is 4.26. The molecule has 0 bridgehead atoms. The highest BCUT2D eigenvalue weighted by atomic mass is 32.1. The van der Waals surface area contributed by atoms with Crippen LogP contribution in [-0.4, -0.2) is 51.7 Å². The van der Waals surface area contributed by atoms with Crippen molar-refractivity contribution in [1.29, 1.82) is 0 Å². The van der Waals surface area contributed by atoms with E-state index in [0.29, 0.717) is 0 Å². The van der Waals surface area contributed by atoms with Crippen LogP contribution in [0.2, 0.25) is 0 Å². The minimum Gasteiger partial charge on any atom is -0.336 e. The van der Waals surface area contributed by atoms with E-state index in [4.69, 9.17) is 0 Å². The van der Waals surface area contributed by atoms with Crippen molar-refractivity contribution in [2.24, 2.45) is 7.05 Å². The van der Waals surface area contributed by atoms with Gasteiger partial charge in [-0.1, -0.05) is 6.07 Å². The molecule has 0 unspecified atom stereocenters. The number of thiophene rings is 1. The maximum atomic E-state index is 12.5. The Balaban J connectivity index is 1.58. The van der Waals surface area contributed by atoms with E-state index in [2.05, 4.69) is 27.5 Å². The van der Waals surface area contributed by atoms with Crippen LogP contribution in [-0.2, 0) is 13.6 Å². The zero-order valence-electron chi connectivity index (χ0n) is 12.5. The molecule has 0 aliphatic carbocycles. The molecule has 0 spiro atoms. The lowest BCUT2D eigenvalue weighted by Gasteiger charge is -2.34. The molecule has 1 saturated heterocycles. The summed E-state index contributed by atoms with van der Waals surface area (Å²) in [5, 5.41) is 6.27. The Kier molecular flexibility index (Phi) is 4.07. The van der Waals surface area contributed by atoms with Crippen LogP contribution in [0.4, 0.5) is 0 Å². The fourth-order valence-corrected chi connectivity index (χ4v) is 3.36. The third-order valence-corrected chi connectivity index (χ3v) is 4.95. The van der Waals surface area contributed by atoms with Gasteiger partial charge in [-0.3, -0.25) is 14.4 Å². The van der Waals surface area contributed by atoms with E-state index in [9.17, 15) is 4.79 Å². The van der Waals surface area contributed by atoms with Gasteiger partial charge in [0.1, 0.15) is 0 Å². The third kappa shape index (κ3) is 3.01. The topological polar surface area (TPSA) is 41.4 Å². The maximum Gasteiger partial charge on any atom is 0.257 e. The standard InChI is InChI=1S/C15H20N4OS/c1-12-14(10-16-17(12)2)15(20)19-7-5-18(6-8-19)11-13-4-3-9-21-13/h3-4,9-10H,5-8,11H2,1-2H3. The molecule has 0 aromatic carbocycles. The normalized spacial score (nSPS) is 16.4. The summed E-state index contributed by atoms with van der Waals surface area (Å²) < 4.78 is 1.75. The number of piperazine rings is 1. The first-order chi connectivity index (χ1) is 10.1. The molecule has 1 amide bonds. The van der Waals surface area contributed by atoms with Gasteiger partial charge in [0.15, 0.2) is 0 Å². The lowest BCUT2D eigenvalue weighted by molar-refractivity contribution is 0.0629. The second kappa shape index (κ2) is 5.99. The maximum absolute atomic E-state index is 12.5. The van der Waals surface area contributed by atoms with Gasteiger partial charge in [-0.15, -0.1) is 11.3 Å². The van der Waals surface area contributed by atoms with E-state index in [-0.39, 0.29) is 5.91 Å². The number of hydrogen-bond acceptors (Lipinski definition) is 4. The highest BCUT2D eigenvalue weighted by Crippen LogP contribution is 2.15. The van der Waals surface area contributed by atoms with Crippen LogP contribution in [0.5, 0.6) is 0 Å². The average molecular weight is 304 g/mol. The first-order valence-corrected chi connectivity index (χ1v) is 8.05. The molecule has 2 aromatic heterocycles. The number of carbonyl (C=O) groups excluding carboxylic acids is 1. The number of hydrogen-bond donors (Lipinski definition) is 0. The van der Waals surface area contributed by atoms with Crippen molar-refractivity contribution in [2.45, 2.75) is 13.5 Å². The minimum absolute atomic E-state index is 0.108. The van der Waals surface area contributed by atoms with Gasteiger partial charge >= 0.3 is 0 Å². The fraction of sp³-hybridized carbons (Fsp3) is 0.467. The molecule has 0 saturated carbocycles. The summed E-state index contributed by atoms with van der Waals surface area (Å²) in [4.78, 5) is 18.2. The Morgan fingerprint density at radius 3 is 2.67 bits per heavy atom. The number of aryl methyl sites for hydroxylation is 1. The molecule has 0 atom stereocenters. The number of amides is 1. The molecule has 1 aliphatic heterocycles. The largest absolute Gasteiger partial charge is 0.336 e. The van der Waals surface area contributed by atoms with Gasteiger partial charge in [-0.05, 0) is 18.4 Å². The van der Waals surface area contributed by atoms with Crippen molar-refractivity contribution in [3.8, 4) is 0 Å². The molecule has 0 N–H and O–H groups in total. The summed E-state index contributed by atoms with van der Waals surface area (Å²) in [5.74, 6) is 0.108. The van der Waals surface area contributed by atoms with Gasteiger partial charge < -0.3 is 4.90 Å². The molecular formula is C15H20N4OS. The molecule has 5 nitrogen and oxygen atoms in total. The average Bonchev–Trinajstić information content (AvgIpc) is 3.11. The van der Waals surface area contributed by atoms with E-state index in [1.54, 1.807) is 22.2 Å². The first kappa shape index (κ1) is 14.3. The molecule has 1 fully saturated rings. The quantitative estimate of drug-likeness (QED) is 0.867.